The molecule has 0 unspecified atom stereocenters. The number of rotatable bonds is 3. The molecule has 1 heterocycles. The number of piperazine rings is 1. The van der Waals surface area contributed by atoms with Crippen LogP contribution >= 0.6 is 0 Å². The van der Waals surface area contributed by atoms with Crippen molar-refractivity contribution in [2.24, 2.45) is 0 Å². The van der Waals surface area contributed by atoms with Gasteiger partial charge in [0.1, 0.15) is 0 Å². The Labute approximate surface area is 109 Å². The zero-order chi connectivity index (χ0) is 13.1. The summed E-state index contributed by atoms with van der Waals surface area (Å²) < 4.78 is 0. The minimum atomic E-state index is -0.254. The zero-order valence-electron chi connectivity index (χ0n) is 11.2. The molecule has 0 radical (unpaired) electrons. The first-order valence-electron chi connectivity index (χ1n) is 6.59. The maximum atomic E-state index is 9.47. The van der Waals surface area contributed by atoms with Gasteiger partial charge in [-0.25, -0.2) is 0 Å². The van der Waals surface area contributed by atoms with Crippen LogP contribution in [-0.4, -0.2) is 48.3 Å². The molecule has 2 atom stereocenters. The Balaban J connectivity index is 1.97. The minimum Gasteiger partial charge on any atom is -0.399 e. The standard InChI is InChI=1S/C14H23N3O/c1-11-9-17(8-7-16(11)10-12(2)18)14-5-3-13(15)4-6-14/h3-6,11-12,18H,7-10,15H2,1-2H3/t11-,12+/m1/s1. The normalized spacial score (nSPS) is 23.1. The van der Waals surface area contributed by atoms with Gasteiger partial charge in [-0.05, 0) is 38.1 Å². The Morgan fingerprint density at radius 3 is 2.56 bits per heavy atom. The first-order valence-corrected chi connectivity index (χ1v) is 6.59. The van der Waals surface area contributed by atoms with Gasteiger partial charge >= 0.3 is 0 Å². The van der Waals surface area contributed by atoms with Crippen molar-refractivity contribution in [2.45, 2.75) is 26.0 Å². The predicted octanol–water partition coefficient (Wildman–Crippen LogP) is 1.16. The molecule has 100 valence electrons. The van der Waals surface area contributed by atoms with Crippen molar-refractivity contribution >= 4 is 11.4 Å². The van der Waals surface area contributed by atoms with E-state index in [4.69, 9.17) is 5.73 Å². The molecular weight excluding hydrogens is 226 g/mol. The molecule has 0 bridgehead atoms. The van der Waals surface area contributed by atoms with Crippen LogP contribution in [0, 0.1) is 0 Å². The summed E-state index contributed by atoms with van der Waals surface area (Å²) in [6.07, 6.45) is -0.254. The summed E-state index contributed by atoms with van der Waals surface area (Å²) in [6.45, 7) is 7.82. The Kier molecular flexibility index (Phi) is 4.09. The van der Waals surface area contributed by atoms with Crippen molar-refractivity contribution in [3.8, 4) is 0 Å². The maximum Gasteiger partial charge on any atom is 0.0639 e. The molecule has 0 saturated carbocycles. The lowest BCUT2D eigenvalue weighted by Crippen LogP contribution is -2.53. The van der Waals surface area contributed by atoms with E-state index in [0.717, 1.165) is 31.9 Å². The first kappa shape index (κ1) is 13.2. The fourth-order valence-electron chi connectivity index (χ4n) is 2.53. The highest BCUT2D eigenvalue weighted by atomic mass is 16.3. The van der Waals surface area contributed by atoms with Gasteiger partial charge in [0, 0.05) is 43.6 Å². The molecule has 0 aromatic heterocycles. The number of anilines is 2. The number of aliphatic hydroxyl groups is 1. The zero-order valence-corrected chi connectivity index (χ0v) is 11.2. The van der Waals surface area contributed by atoms with Crippen molar-refractivity contribution in [2.75, 3.05) is 36.8 Å². The number of hydrogen-bond acceptors (Lipinski definition) is 4. The highest BCUT2D eigenvalue weighted by molar-refractivity contribution is 5.53. The van der Waals surface area contributed by atoms with Crippen LogP contribution in [0.25, 0.3) is 0 Å². The maximum absolute atomic E-state index is 9.47. The largest absolute Gasteiger partial charge is 0.399 e. The van der Waals surface area contributed by atoms with Crippen LogP contribution in [0.1, 0.15) is 13.8 Å². The molecule has 1 aliphatic rings. The molecule has 1 saturated heterocycles. The quantitative estimate of drug-likeness (QED) is 0.789. The summed E-state index contributed by atoms with van der Waals surface area (Å²) >= 11 is 0. The summed E-state index contributed by atoms with van der Waals surface area (Å²) in [5.41, 5.74) is 7.74. The van der Waals surface area contributed by atoms with Gasteiger partial charge < -0.3 is 15.7 Å². The minimum absolute atomic E-state index is 0.254. The predicted molar refractivity (Wildman–Crippen MR) is 75.8 cm³/mol. The van der Waals surface area contributed by atoms with Gasteiger partial charge in [-0.3, -0.25) is 4.90 Å². The van der Waals surface area contributed by atoms with Crippen LogP contribution in [0.4, 0.5) is 11.4 Å². The van der Waals surface area contributed by atoms with Crippen molar-refractivity contribution in [3.63, 3.8) is 0 Å². The topological polar surface area (TPSA) is 52.7 Å². The van der Waals surface area contributed by atoms with Crippen LogP contribution in [0.5, 0.6) is 0 Å². The van der Waals surface area contributed by atoms with Gasteiger partial charge in [0.15, 0.2) is 0 Å². The summed E-state index contributed by atoms with van der Waals surface area (Å²) in [5.74, 6) is 0. The Bertz CT molecular complexity index is 377. The summed E-state index contributed by atoms with van der Waals surface area (Å²) in [4.78, 5) is 4.72. The Hall–Kier alpha value is -1.26. The van der Waals surface area contributed by atoms with Crippen molar-refractivity contribution in [3.05, 3.63) is 24.3 Å². The molecule has 3 N–H and O–H groups in total. The van der Waals surface area contributed by atoms with Gasteiger partial charge in [0.2, 0.25) is 0 Å². The average molecular weight is 249 g/mol. The molecule has 4 heteroatoms. The summed E-state index contributed by atoms with van der Waals surface area (Å²) in [7, 11) is 0. The van der Waals surface area contributed by atoms with Crippen LogP contribution in [0.3, 0.4) is 0 Å². The van der Waals surface area contributed by atoms with Gasteiger partial charge in [0.05, 0.1) is 6.10 Å². The van der Waals surface area contributed by atoms with E-state index in [0.29, 0.717) is 6.04 Å². The Morgan fingerprint density at radius 1 is 1.33 bits per heavy atom. The fraction of sp³-hybridized carbons (Fsp3) is 0.571. The van der Waals surface area contributed by atoms with Gasteiger partial charge in [0.25, 0.3) is 0 Å². The van der Waals surface area contributed by atoms with Gasteiger partial charge in [-0.1, -0.05) is 0 Å². The van der Waals surface area contributed by atoms with E-state index in [1.54, 1.807) is 0 Å². The second-order valence-electron chi connectivity index (χ2n) is 5.23. The van der Waals surface area contributed by atoms with E-state index in [1.165, 1.54) is 5.69 Å². The molecule has 1 aromatic rings. The number of aliphatic hydroxyl groups excluding tert-OH is 1. The molecule has 0 spiro atoms. The number of benzene rings is 1. The van der Waals surface area contributed by atoms with E-state index >= 15 is 0 Å². The summed E-state index contributed by atoms with van der Waals surface area (Å²) in [5, 5.41) is 9.47. The molecule has 1 fully saturated rings. The number of nitrogen functional groups attached to an aromatic ring is 1. The first-order chi connectivity index (χ1) is 8.56. The molecule has 0 aliphatic carbocycles. The second kappa shape index (κ2) is 5.59. The smallest absolute Gasteiger partial charge is 0.0639 e. The third kappa shape index (κ3) is 3.15. The summed E-state index contributed by atoms with van der Waals surface area (Å²) in [6, 6.07) is 8.51. The monoisotopic (exact) mass is 249 g/mol. The Morgan fingerprint density at radius 2 is 2.00 bits per heavy atom. The van der Waals surface area contributed by atoms with E-state index in [1.807, 2.05) is 19.1 Å². The van der Waals surface area contributed by atoms with E-state index in [2.05, 4.69) is 28.9 Å². The third-order valence-corrected chi connectivity index (χ3v) is 3.52. The highest BCUT2D eigenvalue weighted by Gasteiger charge is 2.24. The molecule has 18 heavy (non-hydrogen) atoms. The van der Waals surface area contributed by atoms with Crippen LogP contribution in [-0.2, 0) is 0 Å². The van der Waals surface area contributed by atoms with E-state index in [-0.39, 0.29) is 6.10 Å². The molecule has 4 nitrogen and oxygen atoms in total. The second-order valence-corrected chi connectivity index (χ2v) is 5.23. The number of nitrogens with two attached hydrogens (primary N) is 1. The molecule has 0 amide bonds. The lowest BCUT2D eigenvalue weighted by Gasteiger charge is -2.41. The molecule has 1 aliphatic heterocycles. The number of nitrogens with zero attached hydrogens (tertiary/aromatic N) is 2. The van der Waals surface area contributed by atoms with Crippen molar-refractivity contribution in [1.82, 2.24) is 4.90 Å². The molecule has 2 rings (SSSR count). The average Bonchev–Trinajstić information content (AvgIpc) is 2.32. The number of hydrogen-bond donors (Lipinski definition) is 2. The van der Waals surface area contributed by atoms with Crippen LogP contribution in [0.2, 0.25) is 0 Å². The highest BCUT2D eigenvalue weighted by Crippen LogP contribution is 2.20. The fourth-order valence-corrected chi connectivity index (χ4v) is 2.53. The van der Waals surface area contributed by atoms with Crippen molar-refractivity contribution in [1.29, 1.82) is 0 Å². The van der Waals surface area contributed by atoms with Crippen molar-refractivity contribution < 1.29 is 5.11 Å². The SMILES string of the molecule is C[C@H](O)CN1CCN(c2ccc(N)cc2)C[C@H]1C. The van der Waals surface area contributed by atoms with Gasteiger partial charge in [-0.15, -0.1) is 0 Å². The lowest BCUT2D eigenvalue weighted by atomic mass is 10.1. The lowest BCUT2D eigenvalue weighted by molar-refractivity contribution is 0.0960. The molecule has 1 aromatic carbocycles. The van der Waals surface area contributed by atoms with Crippen LogP contribution < -0.4 is 10.6 Å². The number of β-amino-alcohol motifs (C(OH)–C–C–N with tert-alkyl or cyclic N) is 1. The van der Waals surface area contributed by atoms with Crippen LogP contribution in [0.15, 0.2) is 24.3 Å². The van der Waals surface area contributed by atoms with E-state index < -0.39 is 0 Å². The van der Waals surface area contributed by atoms with Gasteiger partial charge in [-0.2, -0.15) is 0 Å². The molecular formula is C14H23N3O. The van der Waals surface area contributed by atoms with E-state index in [9.17, 15) is 5.11 Å². The third-order valence-electron chi connectivity index (χ3n) is 3.52.